The summed E-state index contributed by atoms with van der Waals surface area (Å²) in [5.41, 5.74) is -0.105. The molecule has 0 fully saturated rings. The fourth-order valence-electron chi connectivity index (χ4n) is 2.24. The van der Waals surface area contributed by atoms with Gasteiger partial charge in [0.15, 0.2) is 5.92 Å². The zero-order valence-electron chi connectivity index (χ0n) is 13.8. The fourth-order valence-corrected chi connectivity index (χ4v) is 2.24. The predicted octanol–water partition coefficient (Wildman–Crippen LogP) is 0.607. The molecule has 0 aliphatic carbocycles. The van der Waals surface area contributed by atoms with Gasteiger partial charge in [-0.05, 0) is 18.2 Å². The van der Waals surface area contributed by atoms with Gasteiger partial charge in [-0.3, -0.25) is 14.4 Å². The number of carboxylic acids is 1. The molecule has 9 heteroatoms. The van der Waals surface area contributed by atoms with Crippen LogP contribution in [0.3, 0.4) is 0 Å². The Morgan fingerprint density at radius 3 is 2.12 bits per heavy atom. The summed E-state index contributed by atoms with van der Waals surface area (Å²) >= 11 is 0. The number of carboxylic acid groups (broad SMARTS) is 1. The number of amides is 1. The molecule has 2 N–H and O–H groups in total. The summed E-state index contributed by atoms with van der Waals surface area (Å²) in [5, 5.41) is 11.5. The maximum absolute atomic E-state index is 13.2. The van der Waals surface area contributed by atoms with Gasteiger partial charge >= 0.3 is 17.9 Å². The highest BCUT2D eigenvalue weighted by molar-refractivity contribution is 5.98. The summed E-state index contributed by atoms with van der Waals surface area (Å²) < 4.78 is 22.2. The Hall–Kier alpha value is -2.97. The highest BCUT2D eigenvalue weighted by atomic mass is 19.1. The standard InChI is InChI=1S/C16H18FNO7/c1-8(11(15(22)24-2)16(23)25-3)12(14(20)21)18-13(19)9-5-4-6-10(17)7-9/h4-8,11-12H,1-3H3,(H,18,19)(H,20,21)/t8-,12-/m1/s1. The minimum absolute atomic E-state index is 0.105. The van der Waals surface area contributed by atoms with Crippen LogP contribution < -0.4 is 5.32 Å². The molecule has 0 saturated carbocycles. The van der Waals surface area contributed by atoms with E-state index in [9.17, 15) is 28.7 Å². The summed E-state index contributed by atoms with van der Waals surface area (Å²) in [6.45, 7) is 1.28. The van der Waals surface area contributed by atoms with E-state index in [1.165, 1.54) is 19.1 Å². The Balaban J connectivity index is 3.08. The Morgan fingerprint density at radius 1 is 1.12 bits per heavy atom. The molecule has 0 aliphatic heterocycles. The molecule has 0 bridgehead atoms. The van der Waals surface area contributed by atoms with Crippen LogP contribution in [0.1, 0.15) is 17.3 Å². The van der Waals surface area contributed by atoms with Crippen molar-refractivity contribution < 1.29 is 38.1 Å². The molecule has 1 amide bonds. The number of carbonyl (C=O) groups excluding carboxylic acids is 3. The minimum Gasteiger partial charge on any atom is -0.480 e. The molecule has 0 radical (unpaired) electrons. The monoisotopic (exact) mass is 355 g/mol. The lowest BCUT2D eigenvalue weighted by atomic mass is 9.87. The van der Waals surface area contributed by atoms with Gasteiger partial charge in [-0.15, -0.1) is 0 Å². The first-order valence-electron chi connectivity index (χ1n) is 7.17. The molecule has 8 nitrogen and oxygen atoms in total. The van der Waals surface area contributed by atoms with Crippen LogP contribution in [0.2, 0.25) is 0 Å². The largest absolute Gasteiger partial charge is 0.480 e. The molecule has 136 valence electrons. The second-order valence-electron chi connectivity index (χ2n) is 5.18. The molecule has 0 heterocycles. The normalized spacial score (nSPS) is 12.8. The highest BCUT2D eigenvalue weighted by Gasteiger charge is 2.42. The smallest absolute Gasteiger partial charge is 0.326 e. The van der Waals surface area contributed by atoms with Gasteiger partial charge in [0, 0.05) is 11.5 Å². The Morgan fingerprint density at radius 2 is 1.68 bits per heavy atom. The number of rotatable bonds is 7. The van der Waals surface area contributed by atoms with Crippen LogP contribution in [-0.4, -0.2) is 49.2 Å². The van der Waals surface area contributed by atoms with E-state index in [0.29, 0.717) is 0 Å². The predicted molar refractivity (Wildman–Crippen MR) is 82.0 cm³/mol. The summed E-state index contributed by atoms with van der Waals surface area (Å²) in [6, 6.07) is 3.02. The van der Waals surface area contributed by atoms with Crippen LogP contribution in [-0.2, 0) is 23.9 Å². The first-order chi connectivity index (χ1) is 11.7. The molecule has 1 aromatic carbocycles. The summed E-state index contributed by atoms with van der Waals surface area (Å²) in [7, 11) is 2.07. The average Bonchev–Trinajstić information content (AvgIpc) is 2.58. The van der Waals surface area contributed by atoms with Gasteiger partial charge in [0.1, 0.15) is 11.9 Å². The van der Waals surface area contributed by atoms with Crippen molar-refractivity contribution in [2.24, 2.45) is 11.8 Å². The van der Waals surface area contributed by atoms with Crippen molar-refractivity contribution >= 4 is 23.8 Å². The van der Waals surface area contributed by atoms with Crippen molar-refractivity contribution in [1.29, 1.82) is 0 Å². The van der Waals surface area contributed by atoms with Crippen molar-refractivity contribution in [2.45, 2.75) is 13.0 Å². The van der Waals surface area contributed by atoms with Gasteiger partial charge in [-0.25, -0.2) is 9.18 Å². The first-order valence-corrected chi connectivity index (χ1v) is 7.17. The Bertz CT molecular complexity index is 660. The van der Waals surface area contributed by atoms with Crippen molar-refractivity contribution in [3.8, 4) is 0 Å². The zero-order chi connectivity index (χ0) is 19.1. The molecular formula is C16H18FNO7. The topological polar surface area (TPSA) is 119 Å². The summed E-state index contributed by atoms with van der Waals surface area (Å²) in [6.07, 6.45) is 0. The number of hydrogen-bond donors (Lipinski definition) is 2. The first kappa shape index (κ1) is 20.1. The number of halogens is 1. The van der Waals surface area contributed by atoms with Crippen LogP contribution in [0.15, 0.2) is 24.3 Å². The van der Waals surface area contributed by atoms with E-state index in [1.54, 1.807) is 0 Å². The lowest BCUT2D eigenvalue weighted by Gasteiger charge is -2.26. The number of carbonyl (C=O) groups is 4. The Kier molecular flexibility index (Phi) is 7.04. The maximum atomic E-state index is 13.2. The summed E-state index contributed by atoms with van der Waals surface area (Å²) in [5.74, 6) is -7.74. The summed E-state index contributed by atoms with van der Waals surface area (Å²) in [4.78, 5) is 47.3. The van der Waals surface area contributed by atoms with Gasteiger partial charge in [0.2, 0.25) is 0 Å². The number of methoxy groups -OCH3 is 2. The number of ether oxygens (including phenoxy) is 2. The second-order valence-corrected chi connectivity index (χ2v) is 5.18. The molecule has 2 atom stereocenters. The quantitative estimate of drug-likeness (QED) is 0.543. The Labute approximate surface area is 142 Å². The van der Waals surface area contributed by atoms with E-state index in [4.69, 9.17) is 0 Å². The molecule has 1 rings (SSSR count). The van der Waals surface area contributed by atoms with Crippen molar-refractivity contribution in [1.82, 2.24) is 5.32 Å². The SMILES string of the molecule is COC(=O)C(C(=O)OC)[C@@H](C)[C@@H](NC(=O)c1cccc(F)c1)C(=O)O. The van der Waals surface area contributed by atoms with Crippen LogP contribution in [0.4, 0.5) is 4.39 Å². The molecule has 25 heavy (non-hydrogen) atoms. The molecule has 0 saturated heterocycles. The van der Waals surface area contributed by atoms with Gasteiger partial charge in [-0.2, -0.15) is 0 Å². The fraction of sp³-hybridized carbons (Fsp3) is 0.375. The molecular weight excluding hydrogens is 337 g/mol. The van der Waals surface area contributed by atoms with Crippen molar-refractivity contribution in [2.75, 3.05) is 14.2 Å². The second kappa shape index (κ2) is 8.76. The van der Waals surface area contributed by atoms with Gasteiger partial charge in [0.25, 0.3) is 5.91 Å². The van der Waals surface area contributed by atoms with Crippen LogP contribution >= 0.6 is 0 Å². The van der Waals surface area contributed by atoms with Crippen molar-refractivity contribution in [3.63, 3.8) is 0 Å². The number of esters is 2. The van der Waals surface area contributed by atoms with Gasteiger partial charge < -0.3 is 19.9 Å². The maximum Gasteiger partial charge on any atom is 0.326 e. The molecule has 0 unspecified atom stereocenters. The third-order valence-electron chi connectivity index (χ3n) is 3.60. The molecule has 1 aromatic rings. The minimum atomic E-state index is -1.61. The van der Waals surface area contributed by atoms with E-state index in [2.05, 4.69) is 14.8 Å². The number of benzene rings is 1. The highest BCUT2D eigenvalue weighted by Crippen LogP contribution is 2.20. The third-order valence-corrected chi connectivity index (χ3v) is 3.60. The zero-order valence-corrected chi connectivity index (χ0v) is 13.8. The third kappa shape index (κ3) is 5.00. The van der Waals surface area contributed by atoms with Crippen LogP contribution in [0.5, 0.6) is 0 Å². The number of aliphatic carboxylic acids is 1. The molecule has 0 aromatic heterocycles. The van der Waals surface area contributed by atoms with Crippen LogP contribution in [0, 0.1) is 17.7 Å². The van der Waals surface area contributed by atoms with E-state index < -0.39 is 47.5 Å². The van der Waals surface area contributed by atoms with E-state index >= 15 is 0 Å². The van der Waals surface area contributed by atoms with E-state index in [1.807, 2.05) is 0 Å². The van der Waals surface area contributed by atoms with Crippen molar-refractivity contribution in [3.05, 3.63) is 35.6 Å². The van der Waals surface area contributed by atoms with E-state index in [-0.39, 0.29) is 5.56 Å². The van der Waals surface area contributed by atoms with Crippen LogP contribution in [0.25, 0.3) is 0 Å². The van der Waals surface area contributed by atoms with Gasteiger partial charge in [-0.1, -0.05) is 13.0 Å². The molecule has 0 spiro atoms. The number of nitrogens with one attached hydrogen (secondary N) is 1. The molecule has 0 aliphatic rings. The van der Waals surface area contributed by atoms with Gasteiger partial charge in [0.05, 0.1) is 14.2 Å². The average molecular weight is 355 g/mol. The lowest BCUT2D eigenvalue weighted by molar-refractivity contribution is -0.162. The lowest BCUT2D eigenvalue weighted by Crippen LogP contribution is -2.50. The van der Waals surface area contributed by atoms with E-state index in [0.717, 1.165) is 26.4 Å². The number of hydrogen-bond acceptors (Lipinski definition) is 6.